The lowest BCUT2D eigenvalue weighted by atomic mass is 10.1. The van der Waals surface area contributed by atoms with Gasteiger partial charge in [-0.3, -0.25) is 14.4 Å². The van der Waals surface area contributed by atoms with E-state index < -0.39 is 11.8 Å². The number of amides is 3. The largest absolute Gasteiger partial charge is 0.482 e. The number of carbonyl (C=O) groups is 3. The molecule has 0 atom stereocenters. The van der Waals surface area contributed by atoms with Gasteiger partial charge in [0.2, 0.25) is 0 Å². The number of rotatable bonds is 9. The van der Waals surface area contributed by atoms with Crippen LogP contribution in [0.4, 0.5) is 5.69 Å². The highest BCUT2D eigenvalue weighted by molar-refractivity contribution is 6.35. The molecule has 2 aromatic carbocycles. The van der Waals surface area contributed by atoms with Gasteiger partial charge in [0.25, 0.3) is 5.91 Å². The molecule has 2 aromatic rings. The molecule has 0 saturated carbocycles. The summed E-state index contributed by atoms with van der Waals surface area (Å²) in [6.07, 6.45) is 1.32. The summed E-state index contributed by atoms with van der Waals surface area (Å²) in [5.41, 5.74) is 5.46. The lowest BCUT2D eigenvalue weighted by molar-refractivity contribution is -0.139. The third kappa shape index (κ3) is 8.01. The van der Waals surface area contributed by atoms with E-state index in [1.807, 2.05) is 32.0 Å². The molecule has 2 rings (SSSR count). The van der Waals surface area contributed by atoms with Crippen LogP contribution in [0.5, 0.6) is 5.75 Å². The van der Waals surface area contributed by atoms with E-state index in [0.29, 0.717) is 17.9 Å². The van der Waals surface area contributed by atoms with Gasteiger partial charge in [0.15, 0.2) is 6.61 Å². The van der Waals surface area contributed by atoms with Gasteiger partial charge >= 0.3 is 11.8 Å². The number of aryl methyl sites for hydroxylation is 2. The van der Waals surface area contributed by atoms with Gasteiger partial charge in [-0.2, -0.15) is 5.10 Å². The number of hydrogen-bond donors (Lipinski definition) is 3. The lowest BCUT2D eigenvalue weighted by Crippen LogP contribution is -2.39. The van der Waals surface area contributed by atoms with Crippen LogP contribution >= 0.6 is 11.6 Å². The first-order chi connectivity index (χ1) is 15.3. The van der Waals surface area contributed by atoms with Gasteiger partial charge in [-0.25, -0.2) is 5.43 Å². The van der Waals surface area contributed by atoms with Crippen molar-refractivity contribution in [3.05, 3.63) is 58.1 Å². The van der Waals surface area contributed by atoms with E-state index >= 15 is 0 Å². The van der Waals surface area contributed by atoms with Gasteiger partial charge < -0.3 is 20.1 Å². The SMILES string of the molecule is COCCNC(=O)C(=O)N/N=C\c1ccc(OCC(=O)Nc2ccc(C)cc2C)c(Cl)c1. The molecule has 3 amide bonds. The van der Waals surface area contributed by atoms with Crippen molar-refractivity contribution in [2.24, 2.45) is 5.10 Å². The predicted molar refractivity (Wildman–Crippen MR) is 122 cm³/mol. The van der Waals surface area contributed by atoms with Crippen LogP contribution in [-0.2, 0) is 19.1 Å². The molecule has 0 radical (unpaired) electrons. The van der Waals surface area contributed by atoms with E-state index in [1.54, 1.807) is 18.2 Å². The first-order valence-corrected chi connectivity index (χ1v) is 10.1. The van der Waals surface area contributed by atoms with Crippen LogP contribution < -0.4 is 20.8 Å². The molecule has 0 aromatic heterocycles. The van der Waals surface area contributed by atoms with Gasteiger partial charge in [0, 0.05) is 19.3 Å². The van der Waals surface area contributed by atoms with E-state index in [4.69, 9.17) is 21.1 Å². The summed E-state index contributed by atoms with van der Waals surface area (Å²) in [5.74, 6) is -1.72. The Morgan fingerprint density at radius 1 is 1.09 bits per heavy atom. The molecular formula is C22H25ClN4O5. The van der Waals surface area contributed by atoms with Crippen molar-refractivity contribution in [3.63, 3.8) is 0 Å². The van der Waals surface area contributed by atoms with Crippen LogP contribution in [0.25, 0.3) is 0 Å². The third-order valence-electron chi connectivity index (χ3n) is 4.15. The van der Waals surface area contributed by atoms with Gasteiger partial charge in [-0.1, -0.05) is 29.3 Å². The maximum absolute atomic E-state index is 12.2. The first kappa shape index (κ1) is 24.8. The number of hydrazone groups is 1. The Morgan fingerprint density at radius 2 is 1.88 bits per heavy atom. The number of halogens is 1. The minimum atomic E-state index is -0.904. The molecule has 0 saturated heterocycles. The summed E-state index contributed by atoms with van der Waals surface area (Å²) >= 11 is 6.20. The van der Waals surface area contributed by atoms with Crippen LogP contribution in [0.3, 0.4) is 0 Å². The smallest absolute Gasteiger partial charge is 0.329 e. The summed E-state index contributed by atoms with van der Waals surface area (Å²) in [5, 5.41) is 9.14. The molecule has 32 heavy (non-hydrogen) atoms. The Balaban J connectivity index is 1.84. The summed E-state index contributed by atoms with van der Waals surface area (Å²) < 4.78 is 10.3. The molecule has 0 unspecified atom stereocenters. The lowest BCUT2D eigenvalue weighted by Gasteiger charge is -2.11. The number of methoxy groups -OCH3 is 1. The van der Waals surface area contributed by atoms with Gasteiger partial charge in [0.05, 0.1) is 17.8 Å². The molecule has 0 aliphatic heterocycles. The predicted octanol–water partition coefficient (Wildman–Crippen LogP) is 2.19. The molecule has 0 fully saturated rings. The second kappa shape index (κ2) is 12.4. The van der Waals surface area contributed by atoms with E-state index in [9.17, 15) is 14.4 Å². The van der Waals surface area contributed by atoms with Crippen molar-refractivity contribution in [1.29, 1.82) is 0 Å². The van der Waals surface area contributed by atoms with Crippen molar-refractivity contribution in [2.75, 3.05) is 32.2 Å². The molecule has 0 spiro atoms. The average Bonchev–Trinajstić information content (AvgIpc) is 2.75. The molecular weight excluding hydrogens is 436 g/mol. The molecule has 0 heterocycles. The maximum Gasteiger partial charge on any atom is 0.329 e. The van der Waals surface area contributed by atoms with Crippen LogP contribution in [-0.4, -0.2) is 50.8 Å². The van der Waals surface area contributed by atoms with E-state index in [-0.39, 0.29) is 24.1 Å². The Labute approximate surface area is 191 Å². The number of nitrogens with one attached hydrogen (secondary N) is 3. The molecule has 9 nitrogen and oxygen atoms in total. The van der Waals surface area contributed by atoms with Crippen molar-refractivity contribution >= 4 is 41.2 Å². The minimum Gasteiger partial charge on any atom is -0.482 e. The third-order valence-corrected chi connectivity index (χ3v) is 4.44. The summed E-state index contributed by atoms with van der Waals surface area (Å²) in [6.45, 7) is 4.19. The highest BCUT2D eigenvalue weighted by atomic mass is 35.5. The fourth-order valence-electron chi connectivity index (χ4n) is 2.56. The first-order valence-electron chi connectivity index (χ1n) is 9.69. The van der Waals surface area contributed by atoms with Crippen LogP contribution in [0.15, 0.2) is 41.5 Å². The Morgan fingerprint density at radius 3 is 2.56 bits per heavy atom. The molecule has 170 valence electrons. The van der Waals surface area contributed by atoms with Crippen molar-refractivity contribution in [1.82, 2.24) is 10.7 Å². The summed E-state index contributed by atoms with van der Waals surface area (Å²) in [6, 6.07) is 10.5. The standard InChI is InChI=1S/C22H25ClN4O5/c1-14-4-6-18(15(2)10-14)26-20(28)13-32-19-7-5-16(11-17(19)23)12-25-27-22(30)21(29)24-8-9-31-3/h4-7,10-12H,8-9,13H2,1-3H3,(H,24,29)(H,26,28)(H,27,30)/b25-12-. The monoisotopic (exact) mass is 460 g/mol. The summed E-state index contributed by atoms with van der Waals surface area (Å²) in [7, 11) is 1.49. The van der Waals surface area contributed by atoms with E-state index in [0.717, 1.165) is 16.8 Å². The zero-order valence-corrected chi connectivity index (χ0v) is 18.8. The fraction of sp³-hybridized carbons (Fsp3) is 0.273. The number of ether oxygens (including phenoxy) is 2. The number of nitrogens with zero attached hydrogens (tertiary/aromatic N) is 1. The van der Waals surface area contributed by atoms with Crippen LogP contribution in [0.1, 0.15) is 16.7 Å². The molecule has 0 aliphatic rings. The van der Waals surface area contributed by atoms with Crippen molar-refractivity contribution < 1.29 is 23.9 Å². The van der Waals surface area contributed by atoms with Gasteiger partial charge in [-0.05, 0) is 49.2 Å². The number of hydrogen-bond acceptors (Lipinski definition) is 6. The molecule has 0 bridgehead atoms. The Bertz CT molecular complexity index is 1010. The second-order valence-corrected chi connectivity index (χ2v) is 7.20. The highest BCUT2D eigenvalue weighted by Crippen LogP contribution is 2.25. The number of benzene rings is 2. The molecule has 0 aliphatic carbocycles. The average molecular weight is 461 g/mol. The topological polar surface area (TPSA) is 118 Å². The molecule has 3 N–H and O–H groups in total. The Kier molecular flexibility index (Phi) is 9.65. The van der Waals surface area contributed by atoms with Gasteiger partial charge in [0.1, 0.15) is 5.75 Å². The zero-order valence-electron chi connectivity index (χ0n) is 18.0. The highest BCUT2D eigenvalue weighted by Gasteiger charge is 2.11. The van der Waals surface area contributed by atoms with Crippen molar-refractivity contribution in [3.8, 4) is 5.75 Å². The minimum absolute atomic E-state index is 0.214. The molecule has 10 heteroatoms. The van der Waals surface area contributed by atoms with Crippen molar-refractivity contribution in [2.45, 2.75) is 13.8 Å². The normalized spacial score (nSPS) is 10.6. The van der Waals surface area contributed by atoms with Gasteiger partial charge in [-0.15, -0.1) is 0 Å². The summed E-state index contributed by atoms with van der Waals surface area (Å²) in [4.78, 5) is 35.3. The van der Waals surface area contributed by atoms with Crippen LogP contribution in [0, 0.1) is 13.8 Å². The second-order valence-electron chi connectivity index (χ2n) is 6.79. The van der Waals surface area contributed by atoms with E-state index in [2.05, 4.69) is 21.2 Å². The van der Waals surface area contributed by atoms with E-state index in [1.165, 1.54) is 13.3 Å². The fourth-order valence-corrected chi connectivity index (χ4v) is 2.80. The number of carbonyl (C=O) groups excluding carboxylic acids is 3. The zero-order chi connectivity index (χ0) is 23.5. The van der Waals surface area contributed by atoms with Crippen LogP contribution in [0.2, 0.25) is 5.02 Å². The maximum atomic E-state index is 12.2. The Hall–Kier alpha value is -3.43. The quantitative estimate of drug-likeness (QED) is 0.229. The number of anilines is 1.